The number of aliphatic hydroxyl groups is 1. The van der Waals surface area contributed by atoms with Crippen LogP contribution in [-0.4, -0.2) is 25.7 Å². The summed E-state index contributed by atoms with van der Waals surface area (Å²) in [6.45, 7) is 3.48. The van der Waals surface area contributed by atoms with E-state index in [4.69, 9.17) is 11.6 Å². The van der Waals surface area contributed by atoms with Crippen LogP contribution in [0.15, 0.2) is 27.6 Å². The van der Waals surface area contributed by atoms with Crippen molar-refractivity contribution in [1.82, 2.24) is 4.72 Å². The Balaban J connectivity index is 2.87. The fraction of sp³-hybridized carbons (Fsp3) is 0.500. The molecule has 0 aliphatic carbocycles. The molecule has 0 fully saturated rings. The summed E-state index contributed by atoms with van der Waals surface area (Å²) in [5, 5.41) is 10.1. The predicted molar refractivity (Wildman–Crippen MR) is 79.9 cm³/mol. The molecule has 0 heterocycles. The van der Waals surface area contributed by atoms with Crippen molar-refractivity contribution in [3.63, 3.8) is 0 Å². The molecule has 1 aromatic rings. The Bertz CT molecular complexity index is 546. The van der Waals surface area contributed by atoms with E-state index in [2.05, 4.69) is 20.7 Å². The van der Waals surface area contributed by atoms with Crippen molar-refractivity contribution in [2.45, 2.75) is 37.2 Å². The molecule has 0 saturated carbocycles. The number of hydrogen-bond acceptors (Lipinski definition) is 3. The second-order valence-corrected chi connectivity index (χ2v) is 7.70. The molecule has 0 aromatic heterocycles. The Kier molecular flexibility index (Phi) is 5.82. The molecular weight excluding hydrogens is 354 g/mol. The Morgan fingerprint density at radius 2 is 2.11 bits per heavy atom. The third kappa shape index (κ3) is 5.04. The van der Waals surface area contributed by atoms with Gasteiger partial charge in [0.15, 0.2) is 0 Å². The van der Waals surface area contributed by atoms with Gasteiger partial charge in [0, 0.05) is 11.0 Å². The van der Waals surface area contributed by atoms with Gasteiger partial charge in [0.05, 0.1) is 10.6 Å². The molecule has 0 amide bonds. The van der Waals surface area contributed by atoms with Crippen LogP contribution in [0.4, 0.5) is 0 Å². The van der Waals surface area contributed by atoms with Crippen LogP contribution in [0.5, 0.6) is 0 Å². The zero-order valence-corrected chi connectivity index (χ0v) is 13.9. The predicted octanol–water partition coefficient (Wildman–Crippen LogP) is 2.93. The van der Waals surface area contributed by atoms with E-state index in [1.165, 1.54) is 12.1 Å². The van der Waals surface area contributed by atoms with Crippen LogP contribution in [0.1, 0.15) is 26.7 Å². The number of nitrogens with one attached hydrogen (secondary N) is 1. The molecule has 0 radical (unpaired) electrons. The van der Waals surface area contributed by atoms with E-state index in [1.54, 1.807) is 13.0 Å². The summed E-state index contributed by atoms with van der Waals surface area (Å²) in [6.07, 6.45) is 1.29. The lowest BCUT2D eigenvalue weighted by atomic mass is 10.0. The average Bonchev–Trinajstić information content (AvgIpc) is 2.26. The summed E-state index contributed by atoms with van der Waals surface area (Å²) in [5.74, 6) is 0. The molecule has 19 heavy (non-hydrogen) atoms. The van der Waals surface area contributed by atoms with Crippen LogP contribution in [0, 0.1) is 0 Å². The molecule has 1 unspecified atom stereocenters. The van der Waals surface area contributed by atoms with Crippen LogP contribution in [0.2, 0.25) is 5.02 Å². The van der Waals surface area contributed by atoms with Crippen molar-refractivity contribution in [3.8, 4) is 0 Å². The molecule has 0 spiro atoms. The van der Waals surface area contributed by atoms with Gasteiger partial charge in [-0.15, -0.1) is 0 Å². The highest BCUT2D eigenvalue weighted by molar-refractivity contribution is 9.10. The van der Waals surface area contributed by atoms with Crippen molar-refractivity contribution < 1.29 is 13.5 Å². The van der Waals surface area contributed by atoms with E-state index in [-0.39, 0.29) is 16.5 Å². The quantitative estimate of drug-likeness (QED) is 0.809. The van der Waals surface area contributed by atoms with E-state index in [0.717, 1.165) is 6.42 Å². The zero-order chi connectivity index (χ0) is 14.7. The molecule has 1 aromatic carbocycles. The molecular formula is C12H17BrClNO3S. The van der Waals surface area contributed by atoms with Crippen molar-refractivity contribution in [2.75, 3.05) is 6.54 Å². The highest BCUT2D eigenvalue weighted by Crippen LogP contribution is 2.25. The second-order valence-electron chi connectivity index (χ2n) is 4.65. The van der Waals surface area contributed by atoms with E-state index >= 15 is 0 Å². The first-order chi connectivity index (χ1) is 8.68. The molecule has 0 bridgehead atoms. The number of sulfonamides is 1. The first-order valence-electron chi connectivity index (χ1n) is 5.85. The smallest absolute Gasteiger partial charge is 0.242 e. The molecule has 4 nitrogen and oxygen atoms in total. The molecule has 0 saturated heterocycles. The molecule has 7 heteroatoms. The normalized spacial score (nSPS) is 15.2. The van der Waals surface area contributed by atoms with Gasteiger partial charge >= 0.3 is 0 Å². The summed E-state index contributed by atoms with van der Waals surface area (Å²) in [5.41, 5.74) is -1.07. The van der Waals surface area contributed by atoms with Crippen molar-refractivity contribution in [2.24, 2.45) is 0 Å². The molecule has 2 N–H and O–H groups in total. The van der Waals surface area contributed by atoms with Gasteiger partial charge in [-0.2, -0.15) is 0 Å². The minimum atomic E-state index is -3.72. The highest BCUT2D eigenvalue weighted by atomic mass is 79.9. The van der Waals surface area contributed by atoms with Gasteiger partial charge in [0.25, 0.3) is 0 Å². The second kappa shape index (κ2) is 6.54. The number of halogens is 2. The Labute approximate surface area is 127 Å². The fourth-order valence-electron chi connectivity index (χ4n) is 1.65. The molecule has 0 aliphatic rings. The summed E-state index contributed by atoms with van der Waals surface area (Å²) in [7, 11) is -3.72. The summed E-state index contributed by atoms with van der Waals surface area (Å²) >= 11 is 9.13. The minimum Gasteiger partial charge on any atom is -0.389 e. The van der Waals surface area contributed by atoms with Crippen LogP contribution >= 0.6 is 27.5 Å². The van der Waals surface area contributed by atoms with E-state index in [9.17, 15) is 13.5 Å². The molecule has 1 atom stereocenters. The average molecular weight is 371 g/mol. The lowest BCUT2D eigenvalue weighted by Crippen LogP contribution is -2.40. The zero-order valence-electron chi connectivity index (χ0n) is 10.8. The lowest BCUT2D eigenvalue weighted by molar-refractivity contribution is 0.0554. The first-order valence-corrected chi connectivity index (χ1v) is 8.50. The monoisotopic (exact) mass is 369 g/mol. The number of hydrogen-bond donors (Lipinski definition) is 2. The molecule has 0 aliphatic heterocycles. The van der Waals surface area contributed by atoms with Gasteiger partial charge in [-0.1, -0.05) is 40.9 Å². The van der Waals surface area contributed by atoms with Gasteiger partial charge in [-0.05, 0) is 31.5 Å². The molecule has 1 rings (SSSR count). The molecule has 108 valence electrons. The SMILES string of the molecule is CCCC(C)(O)CNS(=O)(=O)c1ccc(Br)cc1Cl. The maximum absolute atomic E-state index is 12.1. The third-order valence-corrected chi connectivity index (χ3v) is 4.99. The highest BCUT2D eigenvalue weighted by Gasteiger charge is 2.24. The van der Waals surface area contributed by atoms with Crippen molar-refractivity contribution in [1.29, 1.82) is 0 Å². The summed E-state index contributed by atoms with van der Waals surface area (Å²) in [4.78, 5) is 0.00432. The summed E-state index contributed by atoms with van der Waals surface area (Å²) < 4.78 is 27.3. The van der Waals surface area contributed by atoms with Crippen LogP contribution in [0.3, 0.4) is 0 Å². The Morgan fingerprint density at radius 3 is 2.63 bits per heavy atom. The standard InChI is InChI=1S/C12H17BrClNO3S/c1-3-6-12(2,16)8-15-19(17,18)11-5-4-9(13)7-10(11)14/h4-5,7,15-16H,3,6,8H2,1-2H3. The van der Waals surface area contributed by atoms with Gasteiger partial charge in [-0.3, -0.25) is 0 Å². The summed E-state index contributed by atoms with van der Waals surface area (Å²) in [6, 6.07) is 4.54. The van der Waals surface area contributed by atoms with Crippen molar-refractivity contribution >= 4 is 37.6 Å². The van der Waals surface area contributed by atoms with Gasteiger partial charge in [-0.25, -0.2) is 13.1 Å². The van der Waals surface area contributed by atoms with Crippen LogP contribution in [-0.2, 0) is 10.0 Å². The maximum atomic E-state index is 12.1. The van der Waals surface area contributed by atoms with Crippen molar-refractivity contribution in [3.05, 3.63) is 27.7 Å². The van der Waals surface area contributed by atoms with Gasteiger partial charge < -0.3 is 5.11 Å². The number of rotatable bonds is 6. The van der Waals surface area contributed by atoms with Crippen LogP contribution < -0.4 is 4.72 Å². The van der Waals surface area contributed by atoms with E-state index < -0.39 is 15.6 Å². The first kappa shape index (κ1) is 16.9. The lowest BCUT2D eigenvalue weighted by Gasteiger charge is -2.23. The Hall–Kier alpha value is -0.140. The fourth-order valence-corrected chi connectivity index (χ4v) is 3.85. The largest absolute Gasteiger partial charge is 0.389 e. The van der Waals surface area contributed by atoms with E-state index in [0.29, 0.717) is 10.9 Å². The third-order valence-electron chi connectivity index (χ3n) is 2.62. The van der Waals surface area contributed by atoms with Crippen LogP contribution in [0.25, 0.3) is 0 Å². The van der Waals surface area contributed by atoms with Gasteiger partial charge in [0.2, 0.25) is 10.0 Å². The topological polar surface area (TPSA) is 66.4 Å². The maximum Gasteiger partial charge on any atom is 0.242 e. The number of benzene rings is 1. The van der Waals surface area contributed by atoms with E-state index in [1.807, 2.05) is 6.92 Å². The minimum absolute atomic E-state index is 0.00432. The van der Waals surface area contributed by atoms with Gasteiger partial charge in [0.1, 0.15) is 4.90 Å². The Morgan fingerprint density at radius 1 is 1.47 bits per heavy atom.